The Balaban J connectivity index is 1.69. The summed E-state index contributed by atoms with van der Waals surface area (Å²) >= 11 is 0. The van der Waals surface area contributed by atoms with Crippen molar-refractivity contribution >= 4 is 11.6 Å². The lowest BCUT2D eigenvalue weighted by molar-refractivity contribution is -0.163. The summed E-state index contributed by atoms with van der Waals surface area (Å²) in [5.74, 6) is 3.11. The monoisotopic (exact) mass is 302 g/mol. The van der Waals surface area contributed by atoms with Gasteiger partial charge in [0, 0.05) is 24.7 Å². The quantitative estimate of drug-likeness (QED) is 0.657. The predicted octanol–water partition coefficient (Wildman–Crippen LogP) is 4.56. The first-order valence-electron chi connectivity index (χ1n) is 9.35. The Kier molecular flexibility index (Phi) is 3.02. The third kappa shape index (κ3) is 1.67. The number of hydrogen-bond donors (Lipinski definition) is 0. The van der Waals surface area contributed by atoms with Crippen molar-refractivity contribution < 1.29 is 9.59 Å². The zero-order valence-corrected chi connectivity index (χ0v) is 14.4. The second-order valence-corrected chi connectivity index (χ2v) is 9.53. The van der Waals surface area contributed by atoms with E-state index in [1.165, 1.54) is 19.3 Å². The van der Waals surface area contributed by atoms with Crippen molar-refractivity contribution in [2.45, 2.75) is 78.6 Å². The van der Waals surface area contributed by atoms with Crippen LogP contribution in [0.15, 0.2) is 0 Å². The van der Waals surface area contributed by atoms with Crippen LogP contribution in [0.2, 0.25) is 0 Å². The van der Waals surface area contributed by atoms with Gasteiger partial charge in [-0.2, -0.15) is 0 Å². The molecule has 0 radical (unpaired) electrons. The second-order valence-electron chi connectivity index (χ2n) is 9.53. The van der Waals surface area contributed by atoms with Gasteiger partial charge in [0.1, 0.15) is 11.6 Å². The van der Waals surface area contributed by atoms with Crippen molar-refractivity contribution in [3.8, 4) is 0 Å². The first kappa shape index (κ1) is 14.9. The van der Waals surface area contributed by atoms with Crippen LogP contribution in [0.1, 0.15) is 78.6 Å². The highest BCUT2D eigenvalue weighted by Crippen LogP contribution is 2.68. The van der Waals surface area contributed by atoms with Gasteiger partial charge >= 0.3 is 0 Å². The summed E-state index contributed by atoms with van der Waals surface area (Å²) < 4.78 is 0. The second kappa shape index (κ2) is 4.45. The molecule has 0 amide bonds. The summed E-state index contributed by atoms with van der Waals surface area (Å²) in [6.45, 7) is 7.12. The van der Waals surface area contributed by atoms with Crippen molar-refractivity contribution in [2.75, 3.05) is 0 Å². The van der Waals surface area contributed by atoms with Crippen LogP contribution >= 0.6 is 0 Å². The van der Waals surface area contributed by atoms with E-state index in [1.807, 2.05) is 0 Å². The van der Waals surface area contributed by atoms with Crippen LogP contribution in [-0.4, -0.2) is 11.6 Å². The number of ketones is 2. The molecule has 0 saturated heterocycles. The fraction of sp³-hybridized carbons (Fsp3) is 0.900. The molecule has 0 aromatic carbocycles. The highest BCUT2D eigenvalue weighted by molar-refractivity contribution is 5.87. The minimum atomic E-state index is -0.0181. The van der Waals surface area contributed by atoms with E-state index in [9.17, 15) is 9.59 Å². The van der Waals surface area contributed by atoms with Gasteiger partial charge in [0.15, 0.2) is 0 Å². The summed E-state index contributed by atoms with van der Waals surface area (Å²) in [6, 6.07) is 0. The van der Waals surface area contributed by atoms with Crippen LogP contribution in [0, 0.1) is 34.0 Å². The molecule has 0 bridgehead atoms. The van der Waals surface area contributed by atoms with Crippen molar-refractivity contribution in [2.24, 2.45) is 34.0 Å². The van der Waals surface area contributed by atoms with Crippen LogP contribution in [0.5, 0.6) is 0 Å². The summed E-state index contributed by atoms with van der Waals surface area (Å²) in [6.07, 6.45) is 9.36. The molecule has 2 nitrogen and oxygen atoms in total. The smallest absolute Gasteiger partial charge is 0.139 e. The van der Waals surface area contributed by atoms with E-state index in [1.54, 1.807) is 0 Å². The lowest BCUT2D eigenvalue weighted by Gasteiger charge is -2.63. The zero-order chi connectivity index (χ0) is 15.8. The van der Waals surface area contributed by atoms with Crippen LogP contribution in [0.25, 0.3) is 0 Å². The predicted molar refractivity (Wildman–Crippen MR) is 86.4 cm³/mol. The van der Waals surface area contributed by atoms with E-state index in [2.05, 4.69) is 20.8 Å². The minimum absolute atomic E-state index is 0.0181. The van der Waals surface area contributed by atoms with E-state index >= 15 is 0 Å². The first-order chi connectivity index (χ1) is 10.3. The molecule has 0 spiro atoms. The normalized spacial score (nSPS) is 54.6. The van der Waals surface area contributed by atoms with Gasteiger partial charge in [-0.05, 0) is 67.1 Å². The van der Waals surface area contributed by atoms with Crippen molar-refractivity contribution in [1.29, 1.82) is 0 Å². The third-order valence-corrected chi connectivity index (χ3v) is 8.88. The van der Waals surface area contributed by atoms with Gasteiger partial charge in [0.05, 0.1) is 0 Å². The molecule has 0 aliphatic heterocycles. The lowest BCUT2D eigenvalue weighted by Crippen LogP contribution is -2.57. The van der Waals surface area contributed by atoms with E-state index in [0.717, 1.165) is 50.4 Å². The highest BCUT2D eigenvalue weighted by Gasteiger charge is 2.63. The molecule has 2 heteroatoms. The van der Waals surface area contributed by atoms with Crippen LogP contribution in [0.4, 0.5) is 0 Å². The molecule has 0 aromatic rings. The van der Waals surface area contributed by atoms with Gasteiger partial charge in [0.25, 0.3) is 0 Å². The number of rotatable bonds is 0. The Labute approximate surface area is 134 Å². The largest absolute Gasteiger partial charge is 0.300 e. The van der Waals surface area contributed by atoms with Crippen LogP contribution in [0.3, 0.4) is 0 Å². The van der Waals surface area contributed by atoms with Gasteiger partial charge in [-0.1, -0.05) is 20.8 Å². The molecule has 4 fully saturated rings. The Morgan fingerprint density at radius 2 is 1.64 bits per heavy atom. The first-order valence-corrected chi connectivity index (χ1v) is 9.35. The van der Waals surface area contributed by atoms with Crippen LogP contribution < -0.4 is 0 Å². The fourth-order valence-electron chi connectivity index (χ4n) is 7.17. The zero-order valence-electron chi connectivity index (χ0n) is 14.4. The van der Waals surface area contributed by atoms with Crippen molar-refractivity contribution in [1.82, 2.24) is 0 Å². The minimum Gasteiger partial charge on any atom is -0.300 e. The Morgan fingerprint density at radius 1 is 0.864 bits per heavy atom. The topological polar surface area (TPSA) is 34.1 Å². The highest BCUT2D eigenvalue weighted by atomic mass is 16.1. The molecule has 0 aromatic heterocycles. The van der Waals surface area contributed by atoms with E-state index in [4.69, 9.17) is 0 Å². The molecule has 22 heavy (non-hydrogen) atoms. The lowest BCUT2D eigenvalue weighted by atomic mass is 9.41. The maximum atomic E-state index is 12.4. The summed E-state index contributed by atoms with van der Waals surface area (Å²) in [5, 5.41) is 0. The Hall–Kier alpha value is -0.660. The number of fused-ring (bicyclic) bond motifs is 5. The van der Waals surface area contributed by atoms with E-state index in [0.29, 0.717) is 22.9 Å². The Morgan fingerprint density at radius 3 is 2.41 bits per heavy atom. The summed E-state index contributed by atoms with van der Waals surface area (Å²) in [4.78, 5) is 24.5. The molecule has 0 unspecified atom stereocenters. The van der Waals surface area contributed by atoms with Gasteiger partial charge in [-0.3, -0.25) is 9.59 Å². The Bertz CT molecular complexity index is 538. The molecular weight excluding hydrogens is 272 g/mol. The van der Waals surface area contributed by atoms with Gasteiger partial charge < -0.3 is 0 Å². The molecule has 4 aliphatic carbocycles. The van der Waals surface area contributed by atoms with E-state index in [-0.39, 0.29) is 10.8 Å². The number of carbonyl (C=O) groups is 2. The van der Waals surface area contributed by atoms with Gasteiger partial charge in [-0.15, -0.1) is 0 Å². The van der Waals surface area contributed by atoms with Crippen LogP contribution in [-0.2, 0) is 9.59 Å². The maximum absolute atomic E-state index is 12.4. The van der Waals surface area contributed by atoms with Crippen molar-refractivity contribution in [3.05, 3.63) is 0 Å². The van der Waals surface area contributed by atoms with Crippen molar-refractivity contribution in [3.63, 3.8) is 0 Å². The average Bonchev–Trinajstić information content (AvgIpc) is 2.76. The maximum Gasteiger partial charge on any atom is 0.139 e. The summed E-state index contributed by atoms with van der Waals surface area (Å²) in [7, 11) is 0. The molecule has 0 heterocycles. The number of carbonyl (C=O) groups excluding carboxylic acids is 2. The van der Waals surface area contributed by atoms with Gasteiger partial charge in [0.2, 0.25) is 0 Å². The molecule has 0 N–H and O–H groups in total. The number of Topliss-reactive ketones (excluding diaryl/α,β-unsaturated/α-hetero) is 2. The number of hydrogen-bond acceptors (Lipinski definition) is 2. The van der Waals surface area contributed by atoms with Gasteiger partial charge in [-0.25, -0.2) is 0 Å². The SMILES string of the molecule is C[C@@]12CC[C@@H]3[C@H]4CCC(=O)[C@]4(C)CC[C@H]3[C@@]1(C)CCC(=O)C2. The molecule has 4 saturated carbocycles. The molecule has 4 aliphatic rings. The molecule has 6 atom stereocenters. The standard InChI is InChI=1S/C20H30O2/c1-18-9-7-14-15-4-5-17(22)19(15,2)10-8-16(14)20(18,3)11-6-13(21)12-18/h14-16H,4-12H2,1-3H3/t14-,15-,16-,18+,19-,20-/m1/s1. The fourth-order valence-corrected chi connectivity index (χ4v) is 7.17. The molecular formula is C20H30O2. The third-order valence-electron chi connectivity index (χ3n) is 8.88. The molecule has 4 rings (SSSR count). The van der Waals surface area contributed by atoms with E-state index < -0.39 is 0 Å². The average molecular weight is 302 g/mol. The molecule has 122 valence electrons. The summed E-state index contributed by atoms with van der Waals surface area (Å²) in [5.41, 5.74) is 0.506.